The van der Waals surface area contributed by atoms with Crippen LogP contribution in [0.15, 0.2) is 30.6 Å². The van der Waals surface area contributed by atoms with Crippen molar-refractivity contribution in [3.63, 3.8) is 0 Å². The number of nitrogens with one attached hydrogen (secondary N) is 2. The molecule has 0 radical (unpaired) electrons. The van der Waals surface area contributed by atoms with Crippen molar-refractivity contribution in [2.45, 2.75) is 51.2 Å². The van der Waals surface area contributed by atoms with Gasteiger partial charge in [-0.3, -0.25) is 20.1 Å². The summed E-state index contributed by atoms with van der Waals surface area (Å²) in [5.74, 6) is -1.34. The molecule has 1 aromatic heterocycles. The molecule has 1 aromatic carbocycles. The van der Waals surface area contributed by atoms with Gasteiger partial charge in [0.2, 0.25) is 0 Å². The van der Waals surface area contributed by atoms with Gasteiger partial charge in [0.25, 0.3) is 5.91 Å². The second kappa shape index (κ2) is 8.57. The van der Waals surface area contributed by atoms with E-state index < -0.39 is 24.0 Å². The van der Waals surface area contributed by atoms with Gasteiger partial charge in [-0.15, -0.1) is 0 Å². The molecule has 3 rings (SSSR count). The summed E-state index contributed by atoms with van der Waals surface area (Å²) in [5, 5.41) is 5.01. The Kier molecular flexibility index (Phi) is 5.95. The number of urea groups is 1. The SMILES string of the molecule is C[C@H](OC(=O)c1ccc2nccnc2c1)C(=O)NC(=O)NC1CCCCC1. The number of benzene rings is 1. The number of esters is 1. The van der Waals surface area contributed by atoms with Crippen LogP contribution in [0.25, 0.3) is 11.0 Å². The number of carbonyl (C=O) groups excluding carboxylic acids is 3. The van der Waals surface area contributed by atoms with Crippen molar-refractivity contribution in [3.8, 4) is 0 Å². The molecule has 1 saturated carbocycles. The molecule has 2 aromatic rings. The minimum absolute atomic E-state index is 0.0862. The van der Waals surface area contributed by atoms with Crippen LogP contribution in [0, 0.1) is 0 Å². The number of nitrogens with zero attached hydrogens (tertiary/aromatic N) is 2. The minimum Gasteiger partial charge on any atom is -0.449 e. The van der Waals surface area contributed by atoms with Gasteiger partial charge >= 0.3 is 12.0 Å². The fourth-order valence-corrected chi connectivity index (χ4v) is 3.05. The molecule has 1 atom stereocenters. The van der Waals surface area contributed by atoms with Crippen molar-refractivity contribution in [2.75, 3.05) is 0 Å². The first kappa shape index (κ1) is 18.8. The van der Waals surface area contributed by atoms with Crippen molar-refractivity contribution in [2.24, 2.45) is 0 Å². The second-order valence-electron chi connectivity index (χ2n) is 6.61. The van der Waals surface area contributed by atoms with Gasteiger partial charge in [-0.05, 0) is 38.0 Å². The van der Waals surface area contributed by atoms with Crippen LogP contribution in [0.4, 0.5) is 4.79 Å². The van der Waals surface area contributed by atoms with E-state index in [1.54, 1.807) is 24.4 Å². The van der Waals surface area contributed by atoms with E-state index in [4.69, 9.17) is 4.74 Å². The van der Waals surface area contributed by atoms with Crippen molar-refractivity contribution in [1.82, 2.24) is 20.6 Å². The van der Waals surface area contributed by atoms with Crippen molar-refractivity contribution < 1.29 is 19.1 Å². The second-order valence-corrected chi connectivity index (χ2v) is 6.61. The third kappa shape index (κ3) is 4.99. The zero-order chi connectivity index (χ0) is 19.2. The van der Waals surface area contributed by atoms with Crippen LogP contribution >= 0.6 is 0 Å². The molecule has 8 nitrogen and oxygen atoms in total. The normalized spacial score (nSPS) is 15.7. The third-order valence-corrected chi connectivity index (χ3v) is 4.54. The molecular weight excluding hydrogens is 348 g/mol. The number of imide groups is 1. The first-order valence-corrected chi connectivity index (χ1v) is 9.06. The highest BCUT2D eigenvalue weighted by molar-refractivity contribution is 5.99. The van der Waals surface area contributed by atoms with Crippen molar-refractivity contribution >= 4 is 28.9 Å². The van der Waals surface area contributed by atoms with Crippen LogP contribution in [0.2, 0.25) is 0 Å². The summed E-state index contributed by atoms with van der Waals surface area (Å²) in [6.45, 7) is 1.42. The minimum atomic E-state index is -1.10. The van der Waals surface area contributed by atoms with Gasteiger partial charge in [0.1, 0.15) is 0 Å². The zero-order valence-electron chi connectivity index (χ0n) is 15.1. The van der Waals surface area contributed by atoms with Crippen molar-refractivity contribution in [3.05, 3.63) is 36.2 Å². The fraction of sp³-hybridized carbons (Fsp3) is 0.421. The zero-order valence-corrected chi connectivity index (χ0v) is 15.1. The Labute approximate surface area is 156 Å². The summed E-state index contributed by atoms with van der Waals surface area (Å²) in [6, 6.07) is 4.28. The molecule has 3 amide bonds. The predicted molar refractivity (Wildman–Crippen MR) is 98.0 cm³/mol. The third-order valence-electron chi connectivity index (χ3n) is 4.54. The molecule has 0 unspecified atom stereocenters. The highest BCUT2D eigenvalue weighted by Crippen LogP contribution is 2.17. The van der Waals surface area contributed by atoms with Gasteiger partial charge < -0.3 is 10.1 Å². The van der Waals surface area contributed by atoms with Crippen molar-refractivity contribution in [1.29, 1.82) is 0 Å². The molecule has 1 aliphatic rings. The first-order chi connectivity index (χ1) is 13.0. The molecule has 1 fully saturated rings. The van der Waals surface area contributed by atoms with Crippen LogP contribution in [-0.2, 0) is 9.53 Å². The van der Waals surface area contributed by atoms with Crippen LogP contribution < -0.4 is 10.6 Å². The molecule has 2 N–H and O–H groups in total. The van der Waals surface area contributed by atoms with Gasteiger partial charge in [-0.25, -0.2) is 9.59 Å². The van der Waals surface area contributed by atoms with E-state index in [1.165, 1.54) is 19.5 Å². The lowest BCUT2D eigenvalue weighted by atomic mass is 9.96. The molecule has 8 heteroatoms. The molecule has 0 saturated heterocycles. The van der Waals surface area contributed by atoms with Crippen LogP contribution in [0.1, 0.15) is 49.4 Å². The Morgan fingerprint density at radius 1 is 1.07 bits per heavy atom. The summed E-state index contributed by atoms with van der Waals surface area (Å²) < 4.78 is 5.16. The maximum atomic E-state index is 12.3. The molecule has 0 bridgehead atoms. The summed E-state index contributed by atoms with van der Waals surface area (Å²) in [4.78, 5) is 44.5. The van der Waals surface area contributed by atoms with Gasteiger partial charge in [0, 0.05) is 18.4 Å². The highest BCUT2D eigenvalue weighted by Gasteiger charge is 2.23. The number of amides is 3. The highest BCUT2D eigenvalue weighted by atomic mass is 16.5. The van der Waals surface area contributed by atoms with E-state index in [1.807, 2.05) is 0 Å². The maximum Gasteiger partial charge on any atom is 0.338 e. The molecule has 27 heavy (non-hydrogen) atoms. The number of hydrogen-bond acceptors (Lipinski definition) is 6. The number of ether oxygens (including phenoxy) is 1. The van der Waals surface area contributed by atoms with Gasteiger partial charge in [0.15, 0.2) is 6.10 Å². The van der Waals surface area contributed by atoms with Gasteiger partial charge in [-0.2, -0.15) is 0 Å². The quantitative estimate of drug-likeness (QED) is 0.799. The number of rotatable bonds is 4. The number of fused-ring (bicyclic) bond motifs is 1. The number of carbonyl (C=O) groups is 3. The number of aromatic nitrogens is 2. The smallest absolute Gasteiger partial charge is 0.338 e. The summed E-state index contributed by atoms with van der Waals surface area (Å²) in [7, 11) is 0. The molecular formula is C19H22N4O4. The fourth-order valence-electron chi connectivity index (χ4n) is 3.05. The topological polar surface area (TPSA) is 110 Å². The predicted octanol–water partition coefficient (Wildman–Crippen LogP) is 2.33. The monoisotopic (exact) mass is 370 g/mol. The van der Waals surface area contributed by atoms with Crippen LogP contribution in [0.3, 0.4) is 0 Å². The molecule has 1 aliphatic carbocycles. The van der Waals surface area contributed by atoms with E-state index in [2.05, 4.69) is 20.6 Å². The van der Waals surface area contributed by atoms with E-state index >= 15 is 0 Å². The Morgan fingerprint density at radius 2 is 1.78 bits per heavy atom. The summed E-state index contributed by atoms with van der Waals surface area (Å²) in [6.07, 6.45) is 7.13. The Morgan fingerprint density at radius 3 is 2.52 bits per heavy atom. The lowest BCUT2D eigenvalue weighted by Crippen LogP contribution is -2.48. The van der Waals surface area contributed by atoms with Crippen LogP contribution in [0.5, 0.6) is 0 Å². The van der Waals surface area contributed by atoms with E-state index in [0.717, 1.165) is 25.7 Å². The Hall–Kier alpha value is -3.03. The molecule has 1 heterocycles. The average molecular weight is 370 g/mol. The van der Waals surface area contributed by atoms with Gasteiger partial charge in [0.05, 0.1) is 16.6 Å². The molecule has 0 aliphatic heterocycles. The standard InChI is InChI=1S/C19H22N4O4/c1-12(17(24)23-19(26)22-14-5-3-2-4-6-14)27-18(25)13-7-8-15-16(11-13)21-10-9-20-15/h7-12,14H,2-6H2,1H3,(H2,22,23,24,26)/t12-/m0/s1. The lowest BCUT2D eigenvalue weighted by molar-refractivity contribution is -0.127. The summed E-state index contributed by atoms with van der Waals surface area (Å²) >= 11 is 0. The molecule has 142 valence electrons. The average Bonchev–Trinajstić information content (AvgIpc) is 2.68. The summed E-state index contributed by atoms with van der Waals surface area (Å²) in [5.41, 5.74) is 1.46. The first-order valence-electron chi connectivity index (χ1n) is 9.06. The van der Waals surface area contributed by atoms with E-state index in [-0.39, 0.29) is 11.6 Å². The van der Waals surface area contributed by atoms with Gasteiger partial charge in [-0.1, -0.05) is 19.3 Å². The lowest BCUT2D eigenvalue weighted by Gasteiger charge is -2.23. The van der Waals surface area contributed by atoms with E-state index in [0.29, 0.717) is 11.0 Å². The Bertz CT molecular complexity index is 848. The number of hydrogen-bond donors (Lipinski definition) is 2. The maximum absolute atomic E-state index is 12.3. The van der Waals surface area contributed by atoms with E-state index in [9.17, 15) is 14.4 Å². The molecule has 0 spiro atoms. The largest absolute Gasteiger partial charge is 0.449 e. The van der Waals surface area contributed by atoms with Crippen LogP contribution in [-0.4, -0.2) is 40.0 Å². The Balaban J connectivity index is 1.53.